The van der Waals surface area contributed by atoms with Gasteiger partial charge in [-0.2, -0.15) is 0 Å². The Balaban J connectivity index is 2.10. The van der Waals surface area contributed by atoms with E-state index >= 15 is 0 Å². The number of aliphatic hydroxyl groups is 1. The van der Waals surface area contributed by atoms with E-state index in [-0.39, 0.29) is 0 Å². The zero-order chi connectivity index (χ0) is 15.4. The average Bonchev–Trinajstić information content (AvgIpc) is 2.45. The second-order valence-electron chi connectivity index (χ2n) is 5.54. The van der Waals surface area contributed by atoms with Crippen molar-refractivity contribution in [1.29, 1.82) is 0 Å². The van der Waals surface area contributed by atoms with Gasteiger partial charge in [0.2, 0.25) is 0 Å². The fourth-order valence-electron chi connectivity index (χ4n) is 2.14. The van der Waals surface area contributed by atoms with Crippen LogP contribution in [0, 0.1) is 0 Å². The maximum atomic E-state index is 9.79. The fourth-order valence-corrected chi connectivity index (χ4v) is 2.48. The predicted molar refractivity (Wildman–Crippen MR) is 89.6 cm³/mol. The third kappa shape index (κ3) is 4.32. The van der Waals surface area contributed by atoms with E-state index in [0.29, 0.717) is 18.3 Å². The van der Waals surface area contributed by atoms with E-state index in [4.69, 9.17) is 4.74 Å². The number of hydrogen-bond acceptors (Lipinski definition) is 2. The maximum absolute atomic E-state index is 9.79. The molecule has 1 atom stereocenters. The minimum absolute atomic E-state index is 0.495. The molecule has 0 fully saturated rings. The molecule has 0 amide bonds. The molecule has 0 spiro atoms. The summed E-state index contributed by atoms with van der Waals surface area (Å²) in [7, 11) is 0. The highest BCUT2D eigenvalue weighted by Crippen LogP contribution is 2.29. The van der Waals surface area contributed by atoms with Crippen molar-refractivity contribution in [2.45, 2.75) is 39.4 Å². The van der Waals surface area contributed by atoms with Crippen molar-refractivity contribution >= 4 is 15.9 Å². The normalized spacial score (nSPS) is 12.5. The highest BCUT2D eigenvalue weighted by atomic mass is 79.9. The summed E-state index contributed by atoms with van der Waals surface area (Å²) < 4.78 is 6.82. The Morgan fingerprint density at radius 3 is 2.29 bits per heavy atom. The first-order chi connectivity index (χ1) is 9.97. The molecule has 0 saturated carbocycles. The highest BCUT2D eigenvalue weighted by Gasteiger charge is 2.10. The zero-order valence-electron chi connectivity index (χ0n) is 12.6. The van der Waals surface area contributed by atoms with Gasteiger partial charge in [0.1, 0.15) is 12.4 Å². The van der Waals surface area contributed by atoms with Crippen LogP contribution < -0.4 is 4.74 Å². The van der Waals surface area contributed by atoms with Gasteiger partial charge in [0.25, 0.3) is 0 Å². The molecule has 0 aliphatic heterocycles. The van der Waals surface area contributed by atoms with Gasteiger partial charge in [0.15, 0.2) is 0 Å². The number of hydrogen-bond donors (Lipinski definition) is 1. The maximum Gasteiger partial charge on any atom is 0.126 e. The van der Waals surface area contributed by atoms with Crippen LogP contribution in [-0.2, 0) is 6.61 Å². The lowest BCUT2D eigenvalue weighted by Crippen LogP contribution is -2.01. The van der Waals surface area contributed by atoms with E-state index < -0.39 is 6.10 Å². The molecule has 112 valence electrons. The van der Waals surface area contributed by atoms with E-state index in [1.54, 1.807) is 6.92 Å². The van der Waals surface area contributed by atoms with Crippen LogP contribution in [0.2, 0.25) is 0 Å². The van der Waals surface area contributed by atoms with Gasteiger partial charge in [-0.1, -0.05) is 60.1 Å². The van der Waals surface area contributed by atoms with Crippen LogP contribution in [0.4, 0.5) is 0 Å². The summed E-state index contributed by atoms with van der Waals surface area (Å²) in [5.74, 6) is 1.25. The summed E-state index contributed by atoms with van der Waals surface area (Å²) in [4.78, 5) is 0. The second kappa shape index (κ2) is 7.10. The summed E-state index contributed by atoms with van der Waals surface area (Å²) in [6.45, 7) is 6.60. The predicted octanol–water partition coefficient (Wildman–Crippen LogP) is 5.20. The summed E-state index contributed by atoms with van der Waals surface area (Å²) >= 11 is 3.44. The molecule has 0 radical (unpaired) electrons. The highest BCUT2D eigenvalue weighted by molar-refractivity contribution is 9.10. The minimum Gasteiger partial charge on any atom is -0.488 e. The van der Waals surface area contributed by atoms with Crippen LogP contribution >= 0.6 is 15.9 Å². The van der Waals surface area contributed by atoms with Gasteiger partial charge in [-0.3, -0.25) is 0 Å². The molecule has 0 heterocycles. The van der Waals surface area contributed by atoms with Gasteiger partial charge < -0.3 is 9.84 Å². The molecule has 2 aromatic carbocycles. The second-order valence-corrected chi connectivity index (χ2v) is 6.46. The van der Waals surface area contributed by atoms with Gasteiger partial charge in [-0.05, 0) is 36.1 Å². The molecule has 0 saturated heterocycles. The first-order valence-corrected chi connectivity index (χ1v) is 7.96. The molecule has 21 heavy (non-hydrogen) atoms. The van der Waals surface area contributed by atoms with Gasteiger partial charge in [0, 0.05) is 10.0 Å². The minimum atomic E-state index is -0.545. The van der Waals surface area contributed by atoms with Gasteiger partial charge in [-0.25, -0.2) is 0 Å². The molecule has 2 nitrogen and oxygen atoms in total. The lowest BCUT2D eigenvalue weighted by molar-refractivity contribution is 0.190. The third-order valence-electron chi connectivity index (χ3n) is 3.47. The number of rotatable bonds is 5. The number of ether oxygens (including phenoxy) is 1. The molecule has 0 bridgehead atoms. The Hall–Kier alpha value is -1.32. The third-order valence-corrected chi connectivity index (χ3v) is 3.96. The van der Waals surface area contributed by atoms with Crippen LogP contribution in [0.1, 0.15) is 49.5 Å². The number of aliphatic hydroxyl groups excluding tert-OH is 1. The Morgan fingerprint density at radius 1 is 1.05 bits per heavy atom. The fraction of sp³-hybridized carbons (Fsp3) is 0.333. The van der Waals surface area contributed by atoms with E-state index in [1.807, 2.05) is 18.2 Å². The van der Waals surface area contributed by atoms with Crippen molar-refractivity contribution in [3.05, 3.63) is 63.6 Å². The van der Waals surface area contributed by atoms with Gasteiger partial charge >= 0.3 is 0 Å². The molecule has 1 N–H and O–H groups in total. The van der Waals surface area contributed by atoms with Gasteiger partial charge in [0.05, 0.1) is 6.10 Å². The first-order valence-electron chi connectivity index (χ1n) is 7.16. The summed E-state index contributed by atoms with van der Waals surface area (Å²) in [5, 5.41) is 9.79. The smallest absolute Gasteiger partial charge is 0.126 e. The lowest BCUT2D eigenvalue weighted by Gasteiger charge is -2.14. The molecule has 2 rings (SSSR count). The Bertz CT molecular complexity index is 589. The summed E-state index contributed by atoms with van der Waals surface area (Å²) in [6.07, 6.45) is -0.545. The van der Waals surface area contributed by atoms with Crippen molar-refractivity contribution in [1.82, 2.24) is 0 Å². The van der Waals surface area contributed by atoms with Crippen molar-refractivity contribution in [3.63, 3.8) is 0 Å². The molecule has 0 aliphatic carbocycles. The quantitative estimate of drug-likeness (QED) is 0.803. The molecule has 0 aromatic heterocycles. The zero-order valence-corrected chi connectivity index (χ0v) is 14.2. The molecular formula is C18H21BrO2. The van der Waals surface area contributed by atoms with E-state index in [0.717, 1.165) is 15.6 Å². The number of halogens is 1. The first kappa shape index (κ1) is 16.1. The SMILES string of the molecule is CC(C)c1ccc(COc2cc(Br)ccc2C(C)O)cc1. The lowest BCUT2D eigenvalue weighted by atomic mass is 10.0. The Kier molecular flexibility index (Phi) is 5.43. The standard InChI is InChI=1S/C18H21BrO2/c1-12(2)15-6-4-14(5-7-15)11-21-18-10-16(19)8-9-17(18)13(3)20/h4-10,12-13,20H,11H2,1-3H3. The Morgan fingerprint density at radius 2 is 1.71 bits per heavy atom. The van der Waals surface area contributed by atoms with E-state index in [9.17, 15) is 5.11 Å². The summed E-state index contributed by atoms with van der Waals surface area (Å²) in [5.41, 5.74) is 3.25. The van der Waals surface area contributed by atoms with Crippen molar-refractivity contribution < 1.29 is 9.84 Å². The van der Waals surface area contributed by atoms with E-state index in [2.05, 4.69) is 54.0 Å². The molecular weight excluding hydrogens is 328 g/mol. The van der Waals surface area contributed by atoms with Crippen molar-refractivity contribution in [2.24, 2.45) is 0 Å². The van der Waals surface area contributed by atoms with Crippen LogP contribution in [-0.4, -0.2) is 5.11 Å². The van der Waals surface area contributed by atoms with Crippen LogP contribution in [0.25, 0.3) is 0 Å². The van der Waals surface area contributed by atoms with Gasteiger partial charge in [-0.15, -0.1) is 0 Å². The van der Waals surface area contributed by atoms with Crippen molar-refractivity contribution in [2.75, 3.05) is 0 Å². The van der Waals surface area contributed by atoms with Crippen LogP contribution in [0.15, 0.2) is 46.9 Å². The monoisotopic (exact) mass is 348 g/mol. The van der Waals surface area contributed by atoms with E-state index in [1.165, 1.54) is 5.56 Å². The molecule has 1 unspecified atom stereocenters. The Labute approximate surface area is 134 Å². The molecule has 2 aromatic rings. The average molecular weight is 349 g/mol. The molecule has 3 heteroatoms. The topological polar surface area (TPSA) is 29.5 Å². The van der Waals surface area contributed by atoms with Crippen LogP contribution in [0.3, 0.4) is 0 Å². The van der Waals surface area contributed by atoms with Crippen molar-refractivity contribution in [3.8, 4) is 5.75 Å². The largest absolute Gasteiger partial charge is 0.488 e. The molecule has 0 aliphatic rings. The number of benzene rings is 2. The van der Waals surface area contributed by atoms with Crippen LogP contribution in [0.5, 0.6) is 5.75 Å². The summed E-state index contributed by atoms with van der Waals surface area (Å²) in [6, 6.07) is 14.1.